The molecule has 0 saturated carbocycles. The second kappa shape index (κ2) is 13.5. The number of aromatic nitrogens is 2. The van der Waals surface area contributed by atoms with Gasteiger partial charge in [-0.2, -0.15) is 0 Å². The average molecular weight is 628 g/mol. The molecule has 2 atom stereocenters. The van der Waals surface area contributed by atoms with E-state index in [1.807, 2.05) is 36.4 Å². The molecule has 46 heavy (non-hydrogen) atoms. The minimum Gasteiger partial charge on any atom is -0.493 e. The molecule has 1 heterocycles. The highest BCUT2D eigenvalue weighted by atomic mass is 16.5. The average Bonchev–Trinajstić information content (AvgIpc) is 3.26. The summed E-state index contributed by atoms with van der Waals surface area (Å²) >= 11 is 0. The number of nitrogens with zero attached hydrogens (tertiary/aromatic N) is 2. The molecule has 4 aromatic rings. The third-order valence-corrected chi connectivity index (χ3v) is 8.29. The van der Waals surface area contributed by atoms with Crippen LogP contribution in [0.15, 0.2) is 53.3 Å². The number of fused-ring (bicyclic) bond motifs is 4. The molecule has 0 fully saturated rings. The monoisotopic (exact) mass is 627 g/mol. The van der Waals surface area contributed by atoms with E-state index >= 15 is 0 Å². The summed E-state index contributed by atoms with van der Waals surface area (Å²) in [5.41, 5.74) is 4.83. The van der Waals surface area contributed by atoms with Crippen LogP contribution in [0.2, 0.25) is 0 Å². The van der Waals surface area contributed by atoms with Crippen molar-refractivity contribution in [3.05, 3.63) is 75.7 Å². The van der Waals surface area contributed by atoms with Crippen molar-refractivity contribution in [2.45, 2.75) is 65.2 Å². The van der Waals surface area contributed by atoms with E-state index < -0.39 is 12.1 Å². The van der Waals surface area contributed by atoms with Gasteiger partial charge in [-0.25, -0.2) is 4.98 Å². The number of benzene rings is 2. The number of para-hydroxylation sites is 2. The Morgan fingerprint density at radius 2 is 1.74 bits per heavy atom. The Morgan fingerprint density at radius 3 is 2.41 bits per heavy atom. The van der Waals surface area contributed by atoms with Gasteiger partial charge in [0, 0.05) is 18.5 Å². The number of imidazole rings is 1. The van der Waals surface area contributed by atoms with Crippen LogP contribution in [-0.4, -0.2) is 48.7 Å². The van der Waals surface area contributed by atoms with Gasteiger partial charge >= 0.3 is 0 Å². The topological polar surface area (TPSA) is 133 Å². The fraction of sp³-hybridized carbons (Fsp3) is 0.371. The lowest BCUT2D eigenvalue weighted by Crippen LogP contribution is -2.38. The summed E-state index contributed by atoms with van der Waals surface area (Å²) in [5, 5.41) is 9.08. The maximum atomic E-state index is 13.7. The molecule has 2 unspecified atom stereocenters. The summed E-state index contributed by atoms with van der Waals surface area (Å²) in [6.45, 7) is 7.54. The van der Waals surface area contributed by atoms with E-state index in [1.54, 1.807) is 27.2 Å². The van der Waals surface area contributed by atoms with Crippen molar-refractivity contribution in [3.8, 4) is 28.4 Å². The zero-order chi connectivity index (χ0) is 33.1. The van der Waals surface area contributed by atoms with Crippen molar-refractivity contribution in [2.75, 3.05) is 26.6 Å². The first-order chi connectivity index (χ1) is 22.1. The van der Waals surface area contributed by atoms with E-state index in [0.29, 0.717) is 41.2 Å². The Balaban J connectivity index is 1.48. The summed E-state index contributed by atoms with van der Waals surface area (Å²) in [5.74, 6) is 1.67. The van der Waals surface area contributed by atoms with Crippen LogP contribution < -0.4 is 35.6 Å². The van der Waals surface area contributed by atoms with Crippen LogP contribution in [0.25, 0.3) is 22.2 Å². The van der Waals surface area contributed by atoms with E-state index in [-0.39, 0.29) is 35.5 Å². The predicted molar refractivity (Wildman–Crippen MR) is 178 cm³/mol. The van der Waals surface area contributed by atoms with Crippen molar-refractivity contribution in [3.63, 3.8) is 0 Å². The molecular formula is C35H41N5O6. The molecule has 11 heteroatoms. The van der Waals surface area contributed by atoms with Crippen molar-refractivity contribution in [1.82, 2.24) is 20.2 Å². The molecule has 3 N–H and O–H groups in total. The third-order valence-electron chi connectivity index (χ3n) is 8.29. The van der Waals surface area contributed by atoms with Gasteiger partial charge in [-0.3, -0.25) is 14.4 Å². The molecule has 5 rings (SSSR count). The second-order valence-corrected chi connectivity index (χ2v) is 11.7. The molecule has 0 spiro atoms. The SMILES string of the molecule is COc1cc2c(c(OC)c1OC)-c1ccc(NC(C)C(=O)NCc3nc4ccccc4n3C(C)C)c(=O)cc1C(NC(C)=O)CC2. The lowest BCUT2D eigenvalue weighted by atomic mass is 9.95. The maximum Gasteiger partial charge on any atom is 0.242 e. The zero-order valence-electron chi connectivity index (χ0n) is 27.3. The first kappa shape index (κ1) is 32.3. The summed E-state index contributed by atoms with van der Waals surface area (Å²) in [7, 11) is 4.66. The molecule has 0 bridgehead atoms. The number of carbonyl (C=O) groups excluding carboxylic acids is 2. The van der Waals surface area contributed by atoms with Gasteiger partial charge in [0.1, 0.15) is 11.9 Å². The lowest BCUT2D eigenvalue weighted by molar-refractivity contribution is -0.122. The van der Waals surface area contributed by atoms with E-state index in [0.717, 1.165) is 28.0 Å². The van der Waals surface area contributed by atoms with Crippen molar-refractivity contribution >= 4 is 28.5 Å². The van der Waals surface area contributed by atoms with Gasteiger partial charge in [-0.15, -0.1) is 0 Å². The summed E-state index contributed by atoms with van der Waals surface area (Å²) in [6.07, 6.45) is 1.14. The quantitative estimate of drug-likeness (QED) is 0.226. The van der Waals surface area contributed by atoms with Crippen LogP contribution in [-0.2, 0) is 22.6 Å². The number of rotatable bonds is 10. The van der Waals surface area contributed by atoms with Gasteiger partial charge in [0.2, 0.25) is 23.0 Å². The molecule has 0 saturated heterocycles. The smallest absolute Gasteiger partial charge is 0.242 e. The van der Waals surface area contributed by atoms with Crippen LogP contribution in [0.3, 0.4) is 0 Å². The molecule has 242 valence electrons. The first-order valence-electron chi connectivity index (χ1n) is 15.4. The fourth-order valence-corrected chi connectivity index (χ4v) is 6.24. The third kappa shape index (κ3) is 6.22. The highest BCUT2D eigenvalue weighted by Crippen LogP contribution is 2.50. The van der Waals surface area contributed by atoms with Gasteiger partial charge in [-0.1, -0.05) is 18.2 Å². The van der Waals surface area contributed by atoms with E-state index in [1.165, 1.54) is 20.1 Å². The molecule has 2 amide bonds. The predicted octanol–water partition coefficient (Wildman–Crippen LogP) is 4.91. The molecule has 1 aliphatic carbocycles. The Morgan fingerprint density at radius 1 is 1.00 bits per heavy atom. The molecule has 0 aliphatic heterocycles. The standard InChI is InChI=1S/C35H41N5O6/c1-19(2)40-28-11-9-8-10-26(28)39-31(40)18-36-35(43)20(3)37-27-15-13-23-24(17-29(27)42)25(38-21(4)41)14-12-22-16-30(44-5)33(45-6)34(46-7)32(22)23/h8-11,13,15-17,19-20,25H,12,14,18H2,1-7H3,(H,36,43)(H,37,42)(H,38,41). The van der Waals surface area contributed by atoms with E-state index in [9.17, 15) is 14.4 Å². The highest BCUT2D eigenvalue weighted by Gasteiger charge is 2.29. The van der Waals surface area contributed by atoms with E-state index in [4.69, 9.17) is 19.2 Å². The second-order valence-electron chi connectivity index (χ2n) is 11.7. The van der Waals surface area contributed by atoms with Gasteiger partial charge in [0.05, 0.1) is 50.6 Å². The number of methoxy groups -OCH3 is 3. The number of anilines is 1. The van der Waals surface area contributed by atoms with Crippen LogP contribution in [0.4, 0.5) is 5.69 Å². The number of aryl methyl sites for hydroxylation is 1. The number of ether oxygens (including phenoxy) is 3. The van der Waals surface area contributed by atoms with Gasteiger partial charge < -0.3 is 34.7 Å². The van der Waals surface area contributed by atoms with Gasteiger partial charge in [0.25, 0.3) is 0 Å². The molecule has 0 radical (unpaired) electrons. The Kier molecular flexibility index (Phi) is 9.50. The van der Waals surface area contributed by atoms with Gasteiger partial charge in [-0.05, 0) is 80.6 Å². The Hall–Kier alpha value is -5.06. The normalized spacial score (nSPS) is 14.5. The van der Waals surface area contributed by atoms with E-state index in [2.05, 4.69) is 34.4 Å². The Bertz CT molecular complexity index is 1850. The number of carbonyl (C=O) groups is 2. The minimum absolute atomic E-state index is 0.156. The zero-order valence-corrected chi connectivity index (χ0v) is 27.3. The summed E-state index contributed by atoms with van der Waals surface area (Å²) in [6, 6.07) is 13.8. The largest absolute Gasteiger partial charge is 0.493 e. The minimum atomic E-state index is -0.732. The molecular weight excluding hydrogens is 586 g/mol. The van der Waals surface area contributed by atoms with Crippen LogP contribution >= 0.6 is 0 Å². The highest BCUT2D eigenvalue weighted by molar-refractivity contribution is 5.86. The molecule has 11 nitrogen and oxygen atoms in total. The first-order valence-corrected chi connectivity index (χ1v) is 15.4. The van der Waals surface area contributed by atoms with Crippen LogP contribution in [0, 0.1) is 0 Å². The number of nitrogens with one attached hydrogen (secondary N) is 3. The van der Waals surface area contributed by atoms with Crippen molar-refractivity contribution < 1.29 is 23.8 Å². The Labute approximate surface area is 268 Å². The number of amides is 2. The van der Waals surface area contributed by atoms with Crippen molar-refractivity contribution in [2.24, 2.45) is 0 Å². The number of hydrogen-bond donors (Lipinski definition) is 3. The summed E-state index contributed by atoms with van der Waals surface area (Å²) in [4.78, 5) is 43.9. The van der Waals surface area contributed by atoms with Crippen LogP contribution in [0.1, 0.15) is 63.2 Å². The molecule has 1 aromatic heterocycles. The maximum absolute atomic E-state index is 13.7. The van der Waals surface area contributed by atoms with Gasteiger partial charge in [0.15, 0.2) is 11.5 Å². The lowest BCUT2D eigenvalue weighted by Gasteiger charge is -2.19. The van der Waals surface area contributed by atoms with Crippen molar-refractivity contribution in [1.29, 1.82) is 0 Å². The molecule has 3 aromatic carbocycles. The summed E-state index contributed by atoms with van der Waals surface area (Å²) < 4.78 is 19.2. The molecule has 1 aliphatic rings. The fourth-order valence-electron chi connectivity index (χ4n) is 6.24. The number of hydrogen-bond acceptors (Lipinski definition) is 8. The van der Waals surface area contributed by atoms with Crippen LogP contribution in [0.5, 0.6) is 17.2 Å².